The van der Waals surface area contributed by atoms with Crippen molar-refractivity contribution in [2.45, 2.75) is 0 Å². The molecule has 4 aromatic heterocycles. The summed E-state index contributed by atoms with van der Waals surface area (Å²) in [6.07, 6.45) is 0. The molecule has 0 radical (unpaired) electrons. The van der Waals surface area contributed by atoms with Crippen molar-refractivity contribution in [1.29, 1.82) is 0 Å². The molecule has 0 bridgehead atoms. The van der Waals surface area contributed by atoms with Crippen LogP contribution in [0.2, 0.25) is 0 Å². The van der Waals surface area contributed by atoms with Crippen LogP contribution in [0, 0.1) is 0 Å². The maximum atomic E-state index is 5.12. The molecule has 5 nitrogen and oxygen atoms in total. The molecule has 0 atom stereocenters. The molecule has 0 aliphatic carbocycles. The van der Waals surface area contributed by atoms with E-state index in [9.17, 15) is 0 Å². The van der Waals surface area contributed by atoms with Crippen LogP contribution in [0.5, 0.6) is 0 Å². The Balaban J connectivity index is 1.07. The average molecular weight is 822 g/mol. The molecule has 0 saturated heterocycles. The molecule has 13 rings (SSSR count). The van der Waals surface area contributed by atoms with Crippen molar-refractivity contribution in [3.63, 3.8) is 0 Å². The third-order valence-electron chi connectivity index (χ3n) is 12.4. The average Bonchev–Trinajstić information content (AvgIpc) is 4.01. The van der Waals surface area contributed by atoms with E-state index in [0.717, 1.165) is 39.1 Å². The SMILES string of the molecule is c1ccc(-c2nc(-c3ccccc3)nc(-c3cccc(-n4c5cc(-n6c7ccccc7c7c(-c8ccccc8)cccc76)ccc5c5cc6sc7ccccc7c6cc54)c3)n2)cc1. The number of hydrogen-bond donors (Lipinski definition) is 0. The van der Waals surface area contributed by atoms with Crippen molar-refractivity contribution in [3.05, 3.63) is 212 Å². The minimum atomic E-state index is 0.622. The monoisotopic (exact) mass is 821 g/mol. The highest BCUT2D eigenvalue weighted by Crippen LogP contribution is 2.43. The first-order valence-electron chi connectivity index (χ1n) is 21.2. The lowest BCUT2D eigenvalue weighted by Gasteiger charge is -2.13. The molecule has 0 spiro atoms. The van der Waals surface area contributed by atoms with Crippen LogP contribution in [0.3, 0.4) is 0 Å². The molecule has 0 amide bonds. The summed E-state index contributed by atoms with van der Waals surface area (Å²) in [6.45, 7) is 0. The number of nitrogens with zero attached hydrogens (tertiary/aromatic N) is 5. The van der Waals surface area contributed by atoms with Gasteiger partial charge >= 0.3 is 0 Å². The molecule has 0 saturated carbocycles. The molecular weight excluding hydrogens is 787 g/mol. The summed E-state index contributed by atoms with van der Waals surface area (Å²) in [7, 11) is 0. The standard InChI is InChI=1S/C57H35N5S/c1-4-16-36(17-5-1)42-26-15-28-49-54(42)45-25-10-12-27-48(45)61(49)41-30-31-43-46-35-53-47(44-24-11-13-29-52(44)63-53)34-51(46)62(50(43)33-41)40-23-14-22-39(32-40)57-59-55(37-18-6-2-7-19-37)58-56(60-57)38-20-8-3-9-21-38/h1-35H. The van der Waals surface area contributed by atoms with E-state index in [2.05, 4.69) is 185 Å². The molecule has 9 aromatic carbocycles. The Kier molecular flexibility index (Phi) is 8.01. The Hall–Kier alpha value is -8.19. The predicted octanol–water partition coefficient (Wildman–Crippen LogP) is 15.1. The third-order valence-corrected chi connectivity index (χ3v) is 13.5. The fourth-order valence-corrected chi connectivity index (χ4v) is 10.6. The minimum absolute atomic E-state index is 0.622. The molecule has 63 heavy (non-hydrogen) atoms. The summed E-state index contributed by atoms with van der Waals surface area (Å²) < 4.78 is 7.44. The topological polar surface area (TPSA) is 48.5 Å². The zero-order valence-electron chi connectivity index (χ0n) is 33.9. The van der Waals surface area contributed by atoms with Crippen LogP contribution in [0.25, 0.3) is 120 Å². The van der Waals surface area contributed by atoms with Gasteiger partial charge in [0.25, 0.3) is 0 Å². The first-order chi connectivity index (χ1) is 31.2. The Morgan fingerprint density at radius 2 is 0.857 bits per heavy atom. The van der Waals surface area contributed by atoms with Gasteiger partial charge in [0.1, 0.15) is 0 Å². The quantitative estimate of drug-likeness (QED) is 0.168. The van der Waals surface area contributed by atoms with Crippen molar-refractivity contribution in [3.8, 4) is 56.7 Å². The number of rotatable bonds is 6. The normalized spacial score (nSPS) is 11.8. The zero-order valence-corrected chi connectivity index (χ0v) is 34.7. The highest BCUT2D eigenvalue weighted by molar-refractivity contribution is 7.25. The second-order valence-corrected chi connectivity index (χ2v) is 17.1. The molecule has 0 aliphatic rings. The lowest BCUT2D eigenvalue weighted by Crippen LogP contribution is -2.01. The van der Waals surface area contributed by atoms with Gasteiger partial charge < -0.3 is 9.13 Å². The Morgan fingerprint density at radius 1 is 0.302 bits per heavy atom. The highest BCUT2D eigenvalue weighted by atomic mass is 32.1. The second-order valence-electron chi connectivity index (χ2n) is 16.0. The maximum Gasteiger partial charge on any atom is 0.164 e. The van der Waals surface area contributed by atoms with Crippen molar-refractivity contribution < 1.29 is 0 Å². The number of fused-ring (bicyclic) bond motifs is 9. The summed E-state index contributed by atoms with van der Waals surface area (Å²) in [5, 5.41) is 7.43. The van der Waals surface area contributed by atoms with Gasteiger partial charge in [-0.25, -0.2) is 15.0 Å². The van der Waals surface area contributed by atoms with Gasteiger partial charge in [-0.1, -0.05) is 158 Å². The number of para-hydroxylation sites is 1. The zero-order chi connectivity index (χ0) is 41.4. The van der Waals surface area contributed by atoms with E-state index in [4.69, 9.17) is 15.0 Å². The number of benzene rings is 9. The molecule has 4 heterocycles. The van der Waals surface area contributed by atoms with Gasteiger partial charge in [-0.05, 0) is 65.7 Å². The van der Waals surface area contributed by atoms with Crippen LogP contribution < -0.4 is 0 Å². The number of thiophene rings is 1. The first-order valence-corrected chi connectivity index (χ1v) is 22.0. The molecule has 0 aliphatic heterocycles. The summed E-state index contributed by atoms with van der Waals surface area (Å²) in [5.74, 6) is 1.90. The maximum absolute atomic E-state index is 5.12. The van der Waals surface area contributed by atoms with Crippen LogP contribution in [-0.4, -0.2) is 24.1 Å². The van der Waals surface area contributed by atoms with E-state index >= 15 is 0 Å². The Labute approximate surface area is 366 Å². The molecule has 0 fully saturated rings. The van der Waals surface area contributed by atoms with Crippen molar-refractivity contribution in [1.82, 2.24) is 24.1 Å². The summed E-state index contributed by atoms with van der Waals surface area (Å²) in [4.78, 5) is 15.2. The Morgan fingerprint density at radius 3 is 1.60 bits per heavy atom. The van der Waals surface area contributed by atoms with Crippen molar-refractivity contribution >= 4 is 75.1 Å². The Bertz CT molecular complexity index is 3850. The van der Waals surface area contributed by atoms with Gasteiger partial charge in [-0.2, -0.15) is 0 Å². The summed E-state index contributed by atoms with van der Waals surface area (Å²) >= 11 is 1.86. The molecule has 13 aromatic rings. The van der Waals surface area contributed by atoms with E-state index in [1.54, 1.807) is 0 Å². The van der Waals surface area contributed by atoms with Crippen LogP contribution in [0.4, 0.5) is 0 Å². The number of aromatic nitrogens is 5. The fraction of sp³-hybridized carbons (Fsp3) is 0. The third kappa shape index (κ3) is 5.73. The van der Waals surface area contributed by atoms with Crippen molar-refractivity contribution in [2.75, 3.05) is 0 Å². The van der Waals surface area contributed by atoms with Gasteiger partial charge in [0, 0.05) is 69.8 Å². The molecular formula is C57H35N5S. The minimum Gasteiger partial charge on any atom is -0.309 e. The predicted molar refractivity (Wildman–Crippen MR) is 263 cm³/mol. The van der Waals surface area contributed by atoms with E-state index in [-0.39, 0.29) is 0 Å². The van der Waals surface area contributed by atoms with Crippen LogP contribution >= 0.6 is 11.3 Å². The summed E-state index contributed by atoms with van der Waals surface area (Å²) in [6, 6.07) is 75.7. The molecule has 0 unspecified atom stereocenters. The molecule has 6 heteroatoms. The number of hydrogen-bond acceptors (Lipinski definition) is 4. The molecule has 294 valence electrons. The largest absolute Gasteiger partial charge is 0.309 e. The smallest absolute Gasteiger partial charge is 0.164 e. The van der Waals surface area contributed by atoms with Gasteiger partial charge in [-0.3, -0.25) is 0 Å². The van der Waals surface area contributed by atoms with Crippen LogP contribution in [0.15, 0.2) is 212 Å². The van der Waals surface area contributed by atoms with Gasteiger partial charge in [-0.15, -0.1) is 11.3 Å². The fourth-order valence-electron chi connectivity index (χ4n) is 9.52. The van der Waals surface area contributed by atoms with Crippen LogP contribution in [-0.2, 0) is 0 Å². The van der Waals surface area contributed by atoms with E-state index in [0.29, 0.717) is 17.5 Å². The second kappa shape index (κ2) is 14.2. The summed E-state index contributed by atoms with van der Waals surface area (Å²) in [5.41, 5.74) is 12.0. The molecule has 0 N–H and O–H groups in total. The van der Waals surface area contributed by atoms with Crippen molar-refractivity contribution in [2.24, 2.45) is 0 Å². The highest BCUT2D eigenvalue weighted by Gasteiger charge is 2.21. The van der Waals surface area contributed by atoms with Gasteiger partial charge in [0.05, 0.1) is 22.1 Å². The van der Waals surface area contributed by atoms with E-state index in [1.807, 2.05) is 47.7 Å². The van der Waals surface area contributed by atoms with Crippen LogP contribution in [0.1, 0.15) is 0 Å². The van der Waals surface area contributed by atoms with E-state index in [1.165, 1.54) is 63.9 Å². The van der Waals surface area contributed by atoms with Gasteiger partial charge in [0.15, 0.2) is 17.5 Å². The van der Waals surface area contributed by atoms with E-state index < -0.39 is 0 Å². The van der Waals surface area contributed by atoms with Gasteiger partial charge in [0.2, 0.25) is 0 Å². The lowest BCUT2D eigenvalue weighted by atomic mass is 9.99. The first kappa shape index (κ1) is 35.6. The lowest BCUT2D eigenvalue weighted by molar-refractivity contribution is 1.07.